The molecule has 2 aromatic rings. The van der Waals surface area contributed by atoms with Crippen molar-refractivity contribution in [2.45, 2.75) is 12.5 Å². The summed E-state index contributed by atoms with van der Waals surface area (Å²) < 4.78 is 18.3. The van der Waals surface area contributed by atoms with Gasteiger partial charge in [0, 0.05) is 0 Å². The molecule has 0 saturated carbocycles. The first-order valence-electron chi connectivity index (χ1n) is 8.37. The molecule has 1 atom stereocenters. The number of urea groups is 2. The van der Waals surface area contributed by atoms with E-state index in [1.54, 1.807) is 30.3 Å². The van der Waals surface area contributed by atoms with Crippen LogP contribution in [0.4, 0.5) is 19.7 Å². The Bertz CT molecular complexity index is 1050. The van der Waals surface area contributed by atoms with Crippen molar-refractivity contribution in [2.75, 3.05) is 12.4 Å². The molecular formula is C19H16FN5O4. The van der Waals surface area contributed by atoms with Crippen molar-refractivity contribution in [3.05, 3.63) is 59.4 Å². The molecule has 9 nitrogen and oxygen atoms in total. The van der Waals surface area contributed by atoms with Crippen molar-refractivity contribution in [2.24, 2.45) is 0 Å². The van der Waals surface area contributed by atoms with Crippen LogP contribution >= 0.6 is 0 Å². The zero-order valence-corrected chi connectivity index (χ0v) is 15.4. The molecular weight excluding hydrogens is 381 g/mol. The molecule has 1 aliphatic heterocycles. The summed E-state index contributed by atoms with van der Waals surface area (Å²) in [7, 11) is 1.47. The lowest BCUT2D eigenvalue weighted by Crippen LogP contribution is -2.49. The molecule has 1 aliphatic rings. The molecule has 3 N–H and O–H groups in total. The van der Waals surface area contributed by atoms with Crippen LogP contribution in [0.25, 0.3) is 0 Å². The topological polar surface area (TPSA) is 124 Å². The maximum atomic E-state index is 13.2. The number of carbonyl (C=O) groups is 3. The highest BCUT2D eigenvalue weighted by Gasteiger charge is 2.50. The second kappa shape index (κ2) is 7.47. The van der Waals surface area contributed by atoms with Crippen LogP contribution in [-0.2, 0) is 10.3 Å². The summed E-state index contributed by atoms with van der Waals surface area (Å²) in [6.45, 7) is 1.50. The largest absolute Gasteiger partial charge is 0.497 e. The van der Waals surface area contributed by atoms with Crippen LogP contribution in [0, 0.1) is 17.1 Å². The summed E-state index contributed by atoms with van der Waals surface area (Å²) in [5.74, 6) is -0.864. The van der Waals surface area contributed by atoms with Crippen LogP contribution in [0.15, 0.2) is 42.5 Å². The number of hydrogen-bond donors (Lipinski definition) is 3. The van der Waals surface area contributed by atoms with Crippen molar-refractivity contribution in [3.63, 3.8) is 0 Å². The fraction of sp³-hybridized carbons (Fsp3) is 0.158. The van der Waals surface area contributed by atoms with Gasteiger partial charge in [0.2, 0.25) is 0 Å². The Hall–Kier alpha value is -4.13. The summed E-state index contributed by atoms with van der Waals surface area (Å²) in [4.78, 5) is 37.4. The number of carbonyl (C=O) groups excluding carboxylic acids is 3. The molecule has 0 bridgehead atoms. The fourth-order valence-electron chi connectivity index (χ4n) is 2.84. The number of nitrogens with one attached hydrogen (secondary N) is 3. The monoisotopic (exact) mass is 397 g/mol. The summed E-state index contributed by atoms with van der Waals surface area (Å²) in [6, 6.07) is 9.75. The minimum atomic E-state index is -1.42. The Morgan fingerprint density at radius 2 is 2.03 bits per heavy atom. The summed E-state index contributed by atoms with van der Waals surface area (Å²) in [6.07, 6.45) is 0. The maximum absolute atomic E-state index is 13.2. The maximum Gasteiger partial charge on any atom is 0.344 e. The van der Waals surface area contributed by atoms with E-state index < -0.39 is 29.3 Å². The summed E-state index contributed by atoms with van der Waals surface area (Å²) in [5.41, 5.74) is 1.08. The van der Waals surface area contributed by atoms with Gasteiger partial charge in [-0.1, -0.05) is 12.1 Å². The van der Waals surface area contributed by atoms with Gasteiger partial charge in [0.05, 0.1) is 18.4 Å². The van der Waals surface area contributed by atoms with Gasteiger partial charge >= 0.3 is 12.1 Å². The predicted molar refractivity (Wildman–Crippen MR) is 99.0 cm³/mol. The number of hydrogen-bond acceptors (Lipinski definition) is 5. The number of nitriles is 1. The third-order valence-electron chi connectivity index (χ3n) is 4.40. The molecule has 0 spiro atoms. The number of anilines is 1. The molecule has 0 aromatic heterocycles. The first-order chi connectivity index (χ1) is 13.8. The van der Waals surface area contributed by atoms with E-state index in [9.17, 15) is 18.8 Å². The molecule has 10 heteroatoms. The first-order valence-corrected chi connectivity index (χ1v) is 8.37. The van der Waals surface area contributed by atoms with E-state index in [0.29, 0.717) is 16.3 Å². The van der Waals surface area contributed by atoms with Crippen LogP contribution < -0.4 is 20.8 Å². The van der Waals surface area contributed by atoms with Crippen molar-refractivity contribution in [1.82, 2.24) is 15.8 Å². The Labute approximate surface area is 165 Å². The number of amides is 5. The van der Waals surface area contributed by atoms with Gasteiger partial charge in [-0.25, -0.2) is 19.4 Å². The van der Waals surface area contributed by atoms with Crippen LogP contribution in [0.2, 0.25) is 0 Å². The number of ether oxygens (including phenoxy) is 1. The zero-order valence-electron chi connectivity index (χ0n) is 15.4. The van der Waals surface area contributed by atoms with E-state index >= 15 is 0 Å². The number of methoxy groups -OCH3 is 1. The van der Waals surface area contributed by atoms with Crippen molar-refractivity contribution < 1.29 is 23.5 Å². The highest BCUT2D eigenvalue weighted by Crippen LogP contribution is 2.30. The highest BCUT2D eigenvalue weighted by atomic mass is 19.1. The number of hydrazine groups is 1. The van der Waals surface area contributed by atoms with E-state index in [1.807, 2.05) is 0 Å². The first kappa shape index (κ1) is 19.6. The van der Waals surface area contributed by atoms with Crippen LogP contribution in [0.3, 0.4) is 0 Å². The van der Waals surface area contributed by atoms with E-state index in [0.717, 1.165) is 12.1 Å². The van der Waals surface area contributed by atoms with Crippen LogP contribution in [0.1, 0.15) is 18.1 Å². The normalized spacial score (nSPS) is 18.1. The number of nitrogens with zero attached hydrogens (tertiary/aromatic N) is 2. The van der Waals surface area contributed by atoms with Gasteiger partial charge in [-0.05, 0) is 42.8 Å². The molecule has 3 rings (SSSR count). The van der Waals surface area contributed by atoms with Gasteiger partial charge in [-0.15, -0.1) is 0 Å². The zero-order chi connectivity index (χ0) is 21.2. The Balaban J connectivity index is 1.78. The van der Waals surface area contributed by atoms with Gasteiger partial charge in [0.25, 0.3) is 5.91 Å². The summed E-state index contributed by atoms with van der Waals surface area (Å²) >= 11 is 0. The Kier molecular flexibility index (Phi) is 5.06. The molecule has 29 heavy (non-hydrogen) atoms. The Morgan fingerprint density at radius 3 is 2.72 bits per heavy atom. The summed E-state index contributed by atoms with van der Waals surface area (Å²) in [5, 5.41) is 14.4. The molecule has 1 fully saturated rings. The minimum Gasteiger partial charge on any atom is -0.497 e. The molecule has 0 radical (unpaired) electrons. The van der Waals surface area contributed by atoms with Gasteiger partial charge in [-0.2, -0.15) is 10.3 Å². The van der Waals surface area contributed by atoms with Gasteiger partial charge in [-0.3, -0.25) is 4.79 Å². The van der Waals surface area contributed by atoms with Gasteiger partial charge in [0.15, 0.2) is 0 Å². The molecule has 1 saturated heterocycles. The van der Waals surface area contributed by atoms with E-state index in [1.165, 1.54) is 20.1 Å². The van der Waals surface area contributed by atoms with Crippen LogP contribution in [0.5, 0.6) is 5.75 Å². The lowest BCUT2D eigenvalue weighted by atomic mass is 9.92. The quantitative estimate of drug-likeness (QED) is 0.683. The molecule has 148 valence electrons. The third kappa shape index (κ3) is 3.66. The minimum absolute atomic E-state index is 0.0222. The molecule has 5 amide bonds. The SMILES string of the molecule is COc1cccc(C2(C)NC(=O)N(NC(=O)Nc3ccc(F)cc3C#N)C2=O)c1. The predicted octanol–water partition coefficient (Wildman–Crippen LogP) is 2.21. The van der Waals surface area contributed by atoms with Crippen molar-refractivity contribution in [3.8, 4) is 11.8 Å². The van der Waals surface area contributed by atoms with Gasteiger partial charge in [0.1, 0.15) is 23.2 Å². The lowest BCUT2D eigenvalue weighted by Gasteiger charge is -2.22. The Morgan fingerprint density at radius 1 is 1.28 bits per heavy atom. The van der Waals surface area contributed by atoms with Crippen LogP contribution in [-0.4, -0.2) is 30.1 Å². The smallest absolute Gasteiger partial charge is 0.344 e. The van der Waals surface area contributed by atoms with E-state index in [2.05, 4.69) is 16.1 Å². The van der Waals surface area contributed by atoms with Crippen molar-refractivity contribution in [1.29, 1.82) is 5.26 Å². The standard InChI is InChI=1S/C19H16FN5O4/c1-19(12-4-3-5-14(9-12)29-2)16(26)25(18(28)23-19)24-17(27)22-15-7-6-13(20)8-11(15)10-21/h3-9H,1-2H3,(H,23,28)(H2,22,24,27). The number of halogens is 1. The average molecular weight is 397 g/mol. The van der Waals surface area contributed by atoms with E-state index in [4.69, 9.17) is 10.00 Å². The van der Waals surface area contributed by atoms with Gasteiger partial charge < -0.3 is 15.4 Å². The fourth-order valence-corrected chi connectivity index (χ4v) is 2.84. The molecule has 1 heterocycles. The van der Waals surface area contributed by atoms with E-state index in [-0.39, 0.29) is 11.3 Å². The second-order valence-electron chi connectivity index (χ2n) is 6.30. The van der Waals surface area contributed by atoms with Crippen molar-refractivity contribution >= 4 is 23.7 Å². The molecule has 1 unspecified atom stereocenters. The number of rotatable bonds is 4. The third-order valence-corrected chi connectivity index (χ3v) is 4.40. The average Bonchev–Trinajstić information content (AvgIpc) is 2.93. The lowest BCUT2D eigenvalue weighted by molar-refractivity contribution is -0.132. The molecule has 0 aliphatic carbocycles. The number of benzene rings is 2. The number of imide groups is 1. The molecule has 2 aromatic carbocycles. The second-order valence-corrected chi connectivity index (χ2v) is 6.30. The highest BCUT2D eigenvalue weighted by molar-refractivity contribution is 6.08.